The Morgan fingerprint density at radius 3 is 2.76 bits per heavy atom. The van der Waals surface area contributed by atoms with E-state index in [1.165, 1.54) is 12.8 Å². The molecule has 0 heterocycles. The van der Waals surface area contributed by atoms with Gasteiger partial charge in [0.25, 0.3) is 0 Å². The van der Waals surface area contributed by atoms with E-state index in [9.17, 15) is 8.42 Å². The quantitative estimate of drug-likeness (QED) is 0.621. The van der Waals surface area contributed by atoms with Gasteiger partial charge in [-0.25, -0.2) is 13.1 Å². The van der Waals surface area contributed by atoms with Crippen molar-refractivity contribution in [3.05, 3.63) is 29.3 Å². The summed E-state index contributed by atoms with van der Waals surface area (Å²) in [7, 11) is -3.42. The molecular formula is C16H22N2O2S. The topological polar surface area (TPSA) is 72.2 Å². The van der Waals surface area contributed by atoms with Crippen LogP contribution in [0, 0.1) is 24.7 Å². The minimum atomic E-state index is -3.42. The zero-order chi connectivity index (χ0) is 15.3. The summed E-state index contributed by atoms with van der Waals surface area (Å²) in [6.45, 7) is 2.65. The van der Waals surface area contributed by atoms with Gasteiger partial charge in [0.15, 0.2) is 0 Å². The van der Waals surface area contributed by atoms with Crippen LogP contribution in [0.4, 0.5) is 0 Å². The number of rotatable bonds is 6. The summed E-state index contributed by atoms with van der Waals surface area (Å²) in [5, 5.41) is 0. The molecule has 0 spiro atoms. The van der Waals surface area contributed by atoms with Crippen LogP contribution < -0.4 is 10.5 Å². The van der Waals surface area contributed by atoms with Crippen LogP contribution in [0.2, 0.25) is 0 Å². The number of nitrogens with two attached hydrogens (primary N) is 1. The van der Waals surface area contributed by atoms with Crippen LogP contribution in [0.15, 0.2) is 23.1 Å². The van der Waals surface area contributed by atoms with Crippen molar-refractivity contribution in [1.29, 1.82) is 0 Å². The summed E-state index contributed by atoms with van der Waals surface area (Å²) < 4.78 is 27.1. The Labute approximate surface area is 127 Å². The van der Waals surface area contributed by atoms with Crippen molar-refractivity contribution in [2.45, 2.75) is 37.5 Å². The molecule has 1 aromatic carbocycles. The molecule has 0 atom stereocenters. The van der Waals surface area contributed by atoms with E-state index in [-0.39, 0.29) is 0 Å². The molecule has 3 N–H and O–H groups in total. The molecule has 0 saturated heterocycles. The van der Waals surface area contributed by atoms with E-state index in [4.69, 9.17) is 5.73 Å². The summed E-state index contributed by atoms with van der Waals surface area (Å²) in [4.78, 5) is 0.296. The van der Waals surface area contributed by atoms with E-state index >= 15 is 0 Å². The zero-order valence-electron chi connectivity index (χ0n) is 12.4. The Hall–Kier alpha value is -1.35. The predicted molar refractivity (Wildman–Crippen MR) is 84.3 cm³/mol. The maximum absolute atomic E-state index is 12.2. The fourth-order valence-corrected chi connectivity index (χ4v) is 3.34. The van der Waals surface area contributed by atoms with Gasteiger partial charge in [-0.05, 0) is 49.4 Å². The van der Waals surface area contributed by atoms with Gasteiger partial charge in [-0.1, -0.05) is 24.7 Å². The highest BCUT2D eigenvalue weighted by Crippen LogP contribution is 2.33. The summed E-state index contributed by atoms with van der Waals surface area (Å²) in [6, 6.07) is 4.98. The van der Waals surface area contributed by atoms with Crippen LogP contribution in [0.1, 0.15) is 36.8 Å². The SMILES string of the molecule is Cc1cc(S(=O)(=O)NCCCC2CC2)ccc1C#CCN. The van der Waals surface area contributed by atoms with Gasteiger partial charge in [0.05, 0.1) is 11.4 Å². The Kier molecular flexibility index (Phi) is 5.40. The normalized spacial score (nSPS) is 14.6. The largest absolute Gasteiger partial charge is 0.320 e. The maximum atomic E-state index is 12.2. The third-order valence-electron chi connectivity index (χ3n) is 3.61. The van der Waals surface area contributed by atoms with Gasteiger partial charge in [0.2, 0.25) is 10.0 Å². The molecule has 0 aromatic heterocycles. The van der Waals surface area contributed by atoms with E-state index < -0.39 is 10.0 Å². The van der Waals surface area contributed by atoms with Gasteiger partial charge in [-0.2, -0.15) is 0 Å². The molecule has 1 saturated carbocycles. The van der Waals surface area contributed by atoms with Crippen LogP contribution in [0.3, 0.4) is 0 Å². The van der Waals surface area contributed by atoms with Gasteiger partial charge in [0.1, 0.15) is 0 Å². The van der Waals surface area contributed by atoms with Crippen LogP contribution in [0.5, 0.6) is 0 Å². The second-order valence-corrected chi connectivity index (χ2v) is 7.23. The van der Waals surface area contributed by atoms with Crippen LogP contribution in [0.25, 0.3) is 0 Å². The number of aryl methyl sites for hydroxylation is 1. The number of hydrogen-bond acceptors (Lipinski definition) is 3. The number of nitrogens with one attached hydrogen (secondary N) is 1. The first-order valence-corrected chi connectivity index (χ1v) is 8.80. The summed E-state index contributed by atoms with van der Waals surface area (Å²) >= 11 is 0. The van der Waals surface area contributed by atoms with Crippen molar-refractivity contribution in [2.24, 2.45) is 11.7 Å². The molecule has 2 rings (SSSR count). The van der Waals surface area contributed by atoms with E-state index in [1.807, 2.05) is 6.92 Å². The van der Waals surface area contributed by atoms with Crippen molar-refractivity contribution in [2.75, 3.05) is 13.1 Å². The standard InChI is InChI=1S/C16H22N2O2S/c1-13-12-16(9-8-15(13)5-2-10-17)21(19,20)18-11-3-4-14-6-7-14/h8-9,12,14,18H,3-4,6-7,10-11,17H2,1H3. The fourth-order valence-electron chi connectivity index (χ4n) is 2.18. The molecular weight excluding hydrogens is 284 g/mol. The van der Waals surface area contributed by atoms with E-state index in [0.717, 1.165) is 29.9 Å². The molecule has 0 radical (unpaired) electrons. The third kappa shape index (κ3) is 4.85. The molecule has 0 unspecified atom stereocenters. The molecule has 114 valence electrons. The number of hydrogen-bond donors (Lipinski definition) is 2. The van der Waals surface area contributed by atoms with Crippen LogP contribution >= 0.6 is 0 Å². The van der Waals surface area contributed by atoms with E-state index in [1.54, 1.807) is 18.2 Å². The highest BCUT2D eigenvalue weighted by Gasteiger charge is 2.21. The molecule has 1 aliphatic carbocycles. The van der Waals surface area contributed by atoms with Gasteiger partial charge in [0, 0.05) is 12.1 Å². The van der Waals surface area contributed by atoms with Crippen molar-refractivity contribution >= 4 is 10.0 Å². The lowest BCUT2D eigenvalue weighted by Crippen LogP contribution is -2.25. The van der Waals surface area contributed by atoms with Crippen LogP contribution in [-0.2, 0) is 10.0 Å². The summed E-state index contributed by atoms with van der Waals surface area (Å²) in [5.74, 6) is 6.54. The second kappa shape index (κ2) is 7.08. The average Bonchev–Trinajstić information content (AvgIpc) is 3.26. The Morgan fingerprint density at radius 2 is 2.14 bits per heavy atom. The molecule has 0 bridgehead atoms. The molecule has 21 heavy (non-hydrogen) atoms. The lowest BCUT2D eigenvalue weighted by atomic mass is 10.1. The molecule has 1 aliphatic rings. The minimum Gasteiger partial charge on any atom is -0.320 e. The first-order valence-electron chi connectivity index (χ1n) is 7.32. The van der Waals surface area contributed by atoms with Crippen molar-refractivity contribution in [1.82, 2.24) is 4.72 Å². The van der Waals surface area contributed by atoms with Gasteiger partial charge in [-0.3, -0.25) is 0 Å². The lowest BCUT2D eigenvalue weighted by molar-refractivity contribution is 0.572. The van der Waals surface area contributed by atoms with E-state index in [0.29, 0.717) is 18.0 Å². The van der Waals surface area contributed by atoms with E-state index in [2.05, 4.69) is 16.6 Å². The highest BCUT2D eigenvalue weighted by molar-refractivity contribution is 7.89. The fraction of sp³-hybridized carbons (Fsp3) is 0.500. The molecule has 5 heteroatoms. The summed E-state index contributed by atoms with van der Waals surface area (Å²) in [6.07, 6.45) is 4.63. The minimum absolute atomic E-state index is 0.294. The number of sulfonamides is 1. The lowest BCUT2D eigenvalue weighted by Gasteiger charge is -2.08. The third-order valence-corrected chi connectivity index (χ3v) is 5.07. The predicted octanol–water partition coefficient (Wildman–Crippen LogP) is 1.77. The molecule has 1 aromatic rings. The zero-order valence-corrected chi connectivity index (χ0v) is 13.2. The molecule has 0 aliphatic heterocycles. The highest BCUT2D eigenvalue weighted by atomic mass is 32.2. The Morgan fingerprint density at radius 1 is 1.38 bits per heavy atom. The first-order chi connectivity index (χ1) is 10.0. The average molecular weight is 306 g/mol. The Balaban J connectivity index is 1.99. The maximum Gasteiger partial charge on any atom is 0.240 e. The van der Waals surface area contributed by atoms with Crippen molar-refractivity contribution in [3.63, 3.8) is 0 Å². The van der Waals surface area contributed by atoms with Crippen molar-refractivity contribution < 1.29 is 8.42 Å². The molecule has 1 fully saturated rings. The second-order valence-electron chi connectivity index (χ2n) is 5.47. The van der Waals surface area contributed by atoms with Gasteiger partial charge >= 0.3 is 0 Å². The summed E-state index contributed by atoms with van der Waals surface area (Å²) in [5.41, 5.74) is 7.00. The monoisotopic (exact) mass is 306 g/mol. The molecule has 4 nitrogen and oxygen atoms in total. The van der Waals surface area contributed by atoms with Gasteiger partial charge < -0.3 is 5.73 Å². The van der Waals surface area contributed by atoms with Gasteiger partial charge in [-0.15, -0.1) is 0 Å². The molecule has 0 amide bonds. The van der Waals surface area contributed by atoms with Crippen molar-refractivity contribution in [3.8, 4) is 11.8 Å². The smallest absolute Gasteiger partial charge is 0.240 e. The first kappa shape index (κ1) is 16.0. The van der Waals surface area contributed by atoms with Crippen LogP contribution in [-0.4, -0.2) is 21.5 Å². The number of benzene rings is 1. The Bertz CT molecular complexity index is 653.